The van der Waals surface area contributed by atoms with E-state index in [1.807, 2.05) is 24.3 Å². The van der Waals surface area contributed by atoms with Crippen molar-refractivity contribution in [2.75, 3.05) is 0 Å². The summed E-state index contributed by atoms with van der Waals surface area (Å²) in [5.74, 6) is -1.24. The Balaban J connectivity index is 1.72. The summed E-state index contributed by atoms with van der Waals surface area (Å²) >= 11 is 1.52. The van der Waals surface area contributed by atoms with E-state index in [0.29, 0.717) is 12.0 Å². The smallest absolute Gasteiger partial charge is 0.129 e. The molecule has 21 heavy (non-hydrogen) atoms. The topological polar surface area (TPSA) is 33.1 Å². The molecule has 1 atom stereocenters. The fraction of sp³-hybridized carbons (Fsp3) is 0.188. The number of para-hydroxylation sites is 1. The van der Waals surface area contributed by atoms with Crippen LogP contribution in [-0.4, -0.2) is 16.2 Å². The summed E-state index contributed by atoms with van der Waals surface area (Å²) in [6, 6.07) is 11.1. The third kappa shape index (κ3) is 3.25. The number of hydrogen-bond donors (Lipinski definition) is 1. The van der Waals surface area contributed by atoms with Gasteiger partial charge in [-0.1, -0.05) is 18.2 Å². The van der Waals surface area contributed by atoms with Gasteiger partial charge in [0.25, 0.3) is 0 Å². The molecule has 0 fully saturated rings. The number of rotatable bonds is 4. The molecule has 1 heterocycles. The molecule has 1 unspecified atom stereocenters. The van der Waals surface area contributed by atoms with Gasteiger partial charge < -0.3 is 5.11 Å². The van der Waals surface area contributed by atoms with E-state index in [2.05, 4.69) is 4.98 Å². The van der Waals surface area contributed by atoms with Crippen LogP contribution in [0.3, 0.4) is 0 Å². The van der Waals surface area contributed by atoms with Crippen molar-refractivity contribution in [1.82, 2.24) is 4.98 Å². The van der Waals surface area contributed by atoms with E-state index in [1.54, 1.807) is 0 Å². The lowest BCUT2D eigenvalue weighted by molar-refractivity contribution is 0.174. The zero-order valence-electron chi connectivity index (χ0n) is 11.1. The monoisotopic (exact) mass is 305 g/mol. The lowest BCUT2D eigenvalue weighted by atomic mass is 10.1. The quantitative estimate of drug-likeness (QED) is 0.797. The highest BCUT2D eigenvalue weighted by Gasteiger charge is 2.13. The van der Waals surface area contributed by atoms with E-state index in [-0.39, 0.29) is 6.42 Å². The van der Waals surface area contributed by atoms with Gasteiger partial charge in [0.1, 0.15) is 11.6 Å². The molecule has 0 amide bonds. The minimum absolute atomic E-state index is 0.141. The fourth-order valence-electron chi connectivity index (χ4n) is 2.22. The van der Waals surface area contributed by atoms with Crippen LogP contribution in [-0.2, 0) is 12.8 Å². The number of aliphatic hydroxyl groups excluding tert-OH is 1. The molecule has 5 heteroatoms. The first kappa shape index (κ1) is 14.1. The molecule has 0 aliphatic rings. The molecule has 3 aromatic rings. The van der Waals surface area contributed by atoms with Gasteiger partial charge in [0.2, 0.25) is 0 Å². The summed E-state index contributed by atoms with van der Waals surface area (Å²) in [5, 5.41) is 10.9. The number of hydrogen-bond acceptors (Lipinski definition) is 3. The summed E-state index contributed by atoms with van der Waals surface area (Å²) in [5.41, 5.74) is 1.21. The van der Waals surface area contributed by atoms with Crippen LogP contribution < -0.4 is 0 Å². The zero-order chi connectivity index (χ0) is 14.8. The molecule has 0 aliphatic carbocycles. The Morgan fingerprint density at radius 2 is 1.90 bits per heavy atom. The van der Waals surface area contributed by atoms with Gasteiger partial charge in [0.05, 0.1) is 21.3 Å². The SMILES string of the molecule is OC(Cc1nc2ccccc2s1)Cc1ccc(F)cc1F. The number of fused-ring (bicyclic) bond motifs is 1. The average molecular weight is 305 g/mol. The number of benzene rings is 2. The van der Waals surface area contributed by atoms with Crippen LogP contribution in [0.2, 0.25) is 0 Å². The third-order valence-electron chi connectivity index (χ3n) is 3.22. The second kappa shape index (κ2) is 5.87. The molecular weight excluding hydrogens is 292 g/mol. The van der Waals surface area contributed by atoms with Crippen LogP contribution in [0, 0.1) is 11.6 Å². The molecule has 0 saturated carbocycles. The van der Waals surface area contributed by atoms with Gasteiger partial charge in [0.15, 0.2) is 0 Å². The highest BCUT2D eigenvalue weighted by molar-refractivity contribution is 7.18. The number of aromatic nitrogens is 1. The molecule has 3 rings (SSSR count). The van der Waals surface area contributed by atoms with Crippen LogP contribution in [0.15, 0.2) is 42.5 Å². The largest absolute Gasteiger partial charge is 0.392 e. The maximum absolute atomic E-state index is 13.6. The molecule has 0 spiro atoms. The van der Waals surface area contributed by atoms with Crippen LogP contribution in [0.4, 0.5) is 8.78 Å². The maximum Gasteiger partial charge on any atom is 0.129 e. The summed E-state index contributed by atoms with van der Waals surface area (Å²) in [7, 11) is 0. The number of halogens is 2. The van der Waals surface area contributed by atoms with E-state index >= 15 is 0 Å². The highest BCUT2D eigenvalue weighted by atomic mass is 32.1. The molecular formula is C16H13F2NOS. The summed E-state index contributed by atoms with van der Waals surface area (Å²) < 4.78 is 27.5. The van der Waals surface area contributed by atoms with Crippen molar-refractivity contribution in [1.29, 1.82) is 0 Å². The minimum Gasteiger partial charge on any atom is -0.392 e. The minimum atomic E-state index is -0.745. The van der Waals surface area contributed by atoms with Crippen LogP contribution in [0.25, 0.3) is 10.2 Å². The van der Waals surface area contributed by atoms with Crippen molar-refractivity contribution in [2.45, 2.75) is 18.9 Å². The predicted octanol–water partition coefficient (Wildman–Crippen LogP) is 3.72. The van der Waals surface area contributed by atoms with Gasteiger partial charge in [-0.3, -0.25) is 0 Å². The van der Waals surface area contributed by atoms with Gasteiger partial charge in [-0.2, -0.15) is 0 Å². The van der Waals surface area contributed by atoms with Crippen LogP contribution in [0.5, 0.6) is 0 Å². The van der Waals surface area contributed by atoms with E-state index in [0.717, 1.165) is 21.3 Å². The van der Waals surface area contributed by atoms with Crippen molar-refractivity contribution >= 4 is 21.6 Å². The van der Waals surface area contributed by atoms with Crippen molar-refractivity contribution in [3.63, 3.8) is 0 Å². The first-order chi connectivity index (χ1) is 10.1. The second-order valence-electron chi connectivity index (χ2n) is 4.87. The molecule has 1 N–H and O–H groups in total. The van der Waals surface area contributed by atoms with E-state index in [9.17, 15) is 13.9 Å². The normalized spacial score (nSPS) is 12.7. The molecule has 2 aromatic carbocycles. The Bertz CT molecular complexity index is 739. The molecule has 0 bridgehead atoms. The molecule has 0 saturated heterocycles. The first-order valence-electron chi connectivity index (χ1n) is 6.58. The van der Waals surface area contributed by atoms with Gasteiger partial charge in [-0.15, -0.1) is 11.3 Å². The lowest BCUT2D eigenvalue weighted by Gasteiger charge is -2.09. The summed E-state index contributed by atoms with van der Waals surface area (Å²) in [4.78, 5) is 4.44. The van der Waals surface area contributed by atoms with Crippen LogP contribution >= 0.6 is 11.3 Å². The van der Waals surface area contributed by atoms with Crippen molar-refractivity contribution in [3.05, 3.63) is 64.7 Å². The van der Waals surface area contributed by atoms with Gasteiger partial charge in [-0.25, -0.2) is 13.8 Å². The average Bonchev–Trinajstić information content (AvgIpc) is 2.84. The Labute approximate surface area is 124 Å². The van der Waals surface area contributed by atoms with E-state index in [1.165, 1.54) is 23.5 Å². The molecule has 0 aliphatic heterocycles. The second-order valence-corrected chi connectivity index (χ2v) is 5.99. The number of thiazole rings is 1. The van der Waals surface area contributed by atoms with Crippen molar-refractivity contribution in [3.8, 4) is 0 Å². The molecule has 2 nitrogen and oxygen atoms in total. The standard InChI is InChI=1S/C16H13F2NOS/c17-11-6-5-10(13(18)8-11)7-12(20)9-16-19-14-3-1-2-4-15(14)21-16/h1-6,8,12,20H,7,9H2. The van der Waals surface area contributed by atoms with E-state index in [4.69, 9.17) is 0 Å². The highest BCUT2D eigenvalue weighted by Crippen LogP contribution is 2.23. The lowest BCUT2D eigenvalue weighted by Crippen LogP contribution is -2.14. The summed E-state index contributed by atoms with van der Waals surface area (Å²) in [6.45, 7) is 0. The van der Waals surface area contributed by atoms with Crippen molar-refractivity contribution < 1.29 is 13.9 Å². The number of nitrogens with zero attached hydrogens (tertiary/aromatic N) is 1. The maximum atomic E-state index is 13.6. The molecule has 1 aromatic heterocycles. The zero-order valence-corrected chi connectivity index (χ0v) is 11.9. The van der Waals surface area contributed by atoms with Gasteiger partial charge in [0, 0.05) is 18.9 Å². The Morgan fingerprint density at radius 1 is 1.10 bits per heavy atom. The van der Waals surface area contributed by atoms with E-state index < -0.39 is 17.7 Å². The van der Waals surface area contributed by atoms with Crippen LogP contribution in [0.1, 0.15) is 10.6 Å². The third-order valence-corrected chi connectivity index (χ3v) is 4.28. The Kier molecular flexibility index (Phi) is 3.94. The van der Waals surface area contributed by atoms with Gasteiger partial charge in [-0.05, 0) is 23.8 Å². The number of aliphatic hydroxyl groups is 1. The fourth-order valence-corrected chi connectivity index (χ4v) is 3.26. The summed E-state index contributed by atoms with van der Waals surface area (Å²) in [6.07, 6.45) is -0.247. The van der Waals surface area contributed by atoms with Crippen molar-refractivity contribution in [2.24, 2.45) is 0 Å². The van der Waals surface area contributed by atoms with Gasteiger partial charge >= 0.3 is 0 Å². The molecule has 0 radical (unpaired) electrons. The first-order valence-corrected chi connectivity index (χ1v) is 7.40. The Morgan fingerprint density at radius 3 is 2.67 bits per heavy atom. The molecule has 108 valence electrons. The Hall–Kier alpha value is -1.85. The predicted molar refractivity (Wildman–Crippen MR) is 79.4 cm³/mol.